The van der Waals surface area contributed by atoms with Crippen molar-refractivity contribution in [1.82, 2.24) is 0 Å². The Hall–Kier alpha value is -3.85. The molecule has 0 aliphatic heterocycles. The molecule has 0 atom stereocenters. The number of carbonyl (C=O) groups is 1. The van der Waals surface area contributed by atoms with Crippen molar-refractivity contribution in [2.45, 2.75) is 6.92 Å². The van der Waals surface area contributed by atoms with Gasteiger partial charge in [0, 0.05) is 35.6 Å². The van der Waals surface area contributed by atoms with Crippen molar-refractivity contribution in [3.63, 3.8) is 0 Å². The monoisotopic (exact) mass is 482 g/mol. The smallest absolute Gasteiger partial charge is 0.149 e. The third-order valence-electron chi connectivity index (χ3n) is 3.88. The molecule has 0 amide bonds. The van der Waals surface area contributed by atoms with Crippen LogP contribution in [0.25, 0.3) is 5.76 Å². The number of allylic oxidation sites excluding steroid dienone is 1. The molecule has 0 aromatic heterocycles. The number of benzene rings is 3. The van der Waals surface area contributed by atoms with Crippen molar-refractivity contribution in [3.8, 4) is 11.5 Å². The van der Waals surface area contributed by atoms with Crippen LogP contribution in [0, 0.1) is 0 Å². The Morgan fingerprint density at radius 2 is 1.45 bits per heavy atom. The Morgan fingerprint density at radius 3 is 2.03 bits per heavy atom. The van der Waals surface area contributed by atoms with E-state index < -0.39 is 5.90 Å². The second-order valence-electron chi connectivity index (χ2n) is 6.19. The van der Waals surface area contributed by atoms with E-state index in [4.69, 9.17) is 0 Å². The third-order valence-corrected chi connectivity index (χ3v) is 3.88. The van der Waals surface area contributed by atoms with Crippen LogP contribution in [0.5, 0.6) is 11.5 Å². The van der Waals surface area contributed by atoms with Gasteiger partial charge in [0.25, 0.3) is 0 Å². The molecule has 3 aromatic carbocycles. The van der Waals surface area contributed by atoms with Crippen molar-refractivity contribution < 1.29 is 49.3 Å². The minimum absolute atomic E-state index is 0. The quantitative estimate of drug-likeness (QED) is 0.192. The van der Waals surface area contributed by atoms with Gasteiger partial charge in [0.2, 0.25) is 0 Å². The first-order chi connectivity index (χ1) is 14.9. The first-order valence-corrected chi connectivity index (χ1v) is 9.15. The summed E-state index contributed by atoms with van der Waals surface area (Å²) in [6, 6.07) is 20.9. The number of nitrogens with zero attached hydrogens (tertiary/aromatic N) is 2. The standard InChI is InChI=1S/C17H16N2O3.C7H6O2.O.V/c1-12(11-16(21)13-7-3-2-4-8-13)18-19-17(22)14-9-5-6-10-15(14)20;8-5-6-3-1-2-4-7(6)9;;/h2-11,20-21H,1H3,(H,19,22);1-5,9H;;/q;;-2;/p-3/b16-11-,18-12+;;;. The fourth-order valence-corrected chi connectivity index (χ4v) is 2.31. The van der Waals surface area contributed by atoms with Crippen LogP contribution in [0.1, 0.15) is 28.4 Å². The van der Waals surface area contributed by atoms with Crippen LogP contribution < -0.4 is 15.3 Å². The van der Waals surface area contributed by atoms with Crippen LogP contribution in [0.3, 0.4) is 0 Å². The van der Waals surface area contributed by atoms with E-state index in [1.807, 2.05) is 6.07 Å². The molecule has 171 valence electrons. The molecule has 0 spiro atoms. The summed E-state index contributed by atoms with van der Waals surface area (Å²) in [4.78, 5) is 10.0. The maximum atomic E-state index is 11.9. The van der Waals surface area contributed by atoms with Crippen LogP contribution in [-0.4, -0.2) is 23.0 Å². The van der Waals surface area contributed by atoms with Gasteiger partial charge in [-0.15, -0.1) is 0 Å². The van der Waals surface area contributed by atoms with E-state index in [-0.39, 0.29) is 52.4 Å². The molecule has 8 nitrogen and oxygen atoms in total. The molecule has 0 aliphatic rings. The van der Waals surface area contributed by atoms with E-state index in [0.29, 0.717) is 17.6 Å². The summed E-state index contributed by atoms with van der Waals surface area (Å²) in [5.74, 6) is -1.26. The number of para-hydroxylation sites is 2. The molecule has 0 saturated carbocycles. The summed E-state index contributed by atoms with van der Waals surface area (Å²) in [6.07, 6.45) is 1.86. The molecule has 0 bridgehead atoms. The van der Waals surface area contributed by atoms with E-state index in [9.17, 15) is 25.2 Å². The van der Waals surface area contributed by atoms with Crippen molar-refractivity contribution in [2.24, 2.45) is 10.2 Å². The Labute approximate surface area is 203 Å². The zero-order chi connectivity index (χ0) is 22.6. The maximum Gasteiger partial charge on any atom is 0.149 e. The van der Waals surface area contributed by atoms with Crippen molar-refractivity contribution in [2.75, 3.05) is 0 Å². The largest absolute Gasteiger partial charge is 2.00 e. The van der Waals surface area contributed by atoms with E-state index in [1.54, 1.807) is 55.5 Å². The van der Waals surface area contributed by atoms with Gasteiger partial charge in [0.05, 0.1) is 5.71 Å². The normalized spacial score (nSPS) is 11.2. The number of hydrogen-bond donors (Lipinski definition) is 1. The number of aromatic hydroxyl groups is 1. The topological polar surface area (TPSA) is 160 Å². The molecule has 0 heterocycles. The van der Waals surface area contributed by atoms with Crippen LogP contribution in [0.4, 0.5) is 0 Å². The van der Waals surface area contributed by atoms with Gasteiger partial charge in [-0.25, -0.2) is 0 Å². The van der Waals surface area contributed by atoms with Crippen LogP contribution in [0.15, 0.2) is 95.1 Å². The zero-order valence-electron chi connectivity index (χ0n) is 17.5. The molecule has 3 rings (SSSR count). The Bertz CT molecular complexity index is 1110. The average molecular weight is 482 g/mol. The number of aldehydes is 1. The fraction of sp³-hybridized carbons (Fsp3) is 0.0417. The summed E-state index contributed by atoms with van der Waals surface area (Å²) in [6.45, 7) is 1.57. The molecule has 9 heteroatoms. The molecule has 0 aliphatic carbocycles. The minimum Gasteiger partial charge on any atom is -2.00 e. The average Bonchev–Trinajstić information content (AvgIpc) is 2.79. The molecule has 3 aromatic rings. The van der Waals surface area contributed by atoms with Crippen molar-refractivity contribution in [3.05, 3.63) is 102 Å². The predicted molar refractivity (Wildman–Crippen MR) is 114 cm³/mol. The summed E-state index contributed by atoms with van der Waals surface area (Å²) < 4.78 is 0. The molecular formula is C24H19N2O6V-5. The minimum atomic E-state index is -0.669. The number of phenolic OH excluding ortho intramolecular Hbond substituents is 1. The summed E-state index contributed by atoms with van der Waals surface area (Å²) >= 11 is 0. The first kappa shape index (κ1) is 29.2. The van der Waals surface area contributed by atoms with Gasteiger partial charge in [0.15, 0.2) is 0 Å². The van der Waals surface area contributed by atoms with E-state index >= 15 is 0 Å². The zero-order valence-corrected chi connectivity index (χ0v) is 18.9. The molecule has 33 heavy (non-hydrogen) atoms. The Balaban J connectivity index is 0.000000789. The van der Waals surface area contributed by atoms with Crippen molar-refractivity contribution in [1.29, 1.82) is 0 Å². The second-order valence-corrected chi connectivity index (χ2v) is 6.19. The van der Waals surface area contributed by atoms with Gasteiger partial charge in [-0.1, -0.05) is 84.3 Å². The molecule has 0 saturated heterocycles. The number of phenols is 1. The van der Waals surface area contributed by atoms with Gasteiger partial charge < -0.3 is 25.9 Å². The van der Waals surface area contributed by atoms with Gasteiger partial charge in [-0.2, -0.15) is 10.2 Å². The number of carbonyl (C=O) groups excluding carboxylic acids is 1. The van der Waals surface area contributed by atoms with Crippen molar-refractivity contribution >= 4 is 23.7 Å². The van der Waals surface area contributed by atoms with E-state index in [1.165, 1.54) is 30.3 Å². The molecule has 0 unspecified atom stereocenters. The molecule has 1 N–H and O–H groups in total. The summed E-state index contributed by atoms with van der Waals surface area (Å²) in [7, 11) is 0. The van der Waals surface area contributed by atoms with Crippen LogP contribution in [-0.2, 0) is 24.0 Å². The van der Waals surface area contributed by atoms with Gasteiger partial charge in [-0.05, 0) is 24.6 Å². The third kappa shape index (κ3) is 9.45. The maximum absolute atomic E-state index is 11.9. The van der Waals surface area contributed by atoms with Gasteiger partial charge >= 0.3 is 0 Å². The predicted octanol–water partition coefficient (Wildman–Crippen LogP) is 1.73. The summed E-state index contributed by atoms with van der Waals surface area (Å²) in [5.41, 5.74) is 1.12. The molecule has 0 fully saturated rings. The molecule has 1 radical (unpaired) electrons. The van der Waals surface area contributed by atoms with E-state index in [0.717, 1.165) is 0 Å². The summed E-state index contributed by atoms with van der Waals surface area (Å²) in [5, 5.41) is 51.1. The Kier molecular flexibility index (Phi) is 13.3. The van der Waals surface area contributed by atoms with E-state index in [2.05, 4.69) is 10.2 Å². The second kappa shape index (κ2) is 15.0. The molecular weight excluding hydrogens is 463 g/mol. The Morgan fingerprint density at radius 1 is 0.879 bits per heavy atom. The van der Waals surface area contributed by atoms with Gasteiger partial charge in [-0.3, -0.25) is 4.79 Å². The van der Waals surface area contributed by atoms with Gasteiger partial charge in [0.1, 0.15) is 12.0 Å². The van der Waals surface area contributed by atoms with Crippen LogP contribution >= 0.6 is 0 Å². The fourth-order valence-electron chi connectivity index (χ4n) is 2.31. The van der Waals surface area contributed by atoms with Crippen LogP contribution in [0.2, 0.25) is 0 Å². The number of hydrogen-bond acceptors (Lipinski definition) is 7. The number of rotatable bonds is 5. The first-order valence-electron chi connectivity index (χ1n) is 9.15. The SMILES string of the molecule is CC(/C=C(\[O-])c1ccccc1)=N\N=C(/[O-])c1ccccc1O.O=Cc1ccccc1[O-].[O-2].[V].